The zero-order valence-corrected chi connectivity index (χ0v) is 13.7. The van der Waals surface area contributed by atoms with Crippen LogP contribution in [-0.4, -0.2) is 16.4 Å². The van der Waals surface area contributed by atoms with Gasteiger partial charge in [0.1, 0.15) is 5.82 Å². The summed E-state index contributed by atoms with van der Waals surface area (Å²) >= 11 is 6.03. The maximum absolute atomic E-state index is 13.0. The van der Waals surface area contributed by atoms with Crippen molar-refractivity contribution < 1.29 is 4.39 Å². The van der Waals surface area contributed by atoms with Crippen LogP contribution >= 0.6 is 11.6 Å². The molecular formula is C19H16ClFN2O. The van der Waals surface area contributed by atoms with E-state index in [2.05, 4.69) is 9.88 Å². The van der Waals surface area contributed by atoms with Crippen molar-refractivity contribution >= 4 is 22.5 Å². The molecule has 3 nitrogen and oxygen atoms in total. The van der Waals surface area contributed by atoms with Crippen molar-refractivity contribution in [3.63, 3.8) is 0 Å². The van der Waals surface area contributed by atoms with E-state index in [0.717, 1.165) is 35.3 Å². The first-order valence-corrected chi connectivity index (χ1v) is 8.28. The molecule has 0 fully saturated rings. The zero-order valence-electron chi connectivity index (χ0n) is 13.0. The van der Waals surface area contributed by atoms with Crippen molar-refractivity contribution in [2.24, 2.45) is 0 Å². The molecule has 1 N–H and O–H groups in total. The molecule has 0 unspecified atom stereocenters. The molecule has 5 heteroatoms. The Hall–Kier alpha value is -2.17. The molecule has 0 saturated heterocycles. The number of pyridine rings is 1. The Balaban J connectivity index is 1.66. The molecule has 0 spiro atoms. The van der Waals surface area contributed by atoms with E-state index in [1.807, 2.05) is 6.07 Å². The number of aromatic nitrogens is 1. The summed E-state index contributed by atoms with van der Waals surface area (Å²) in [7, 11) is 0. The maximum Gasteiger partial charge on any atom is 0.194 e. The Kier molecular flexibility index (Phi) is 3.87. The van der Waals surface area contributed by atoms with Crippen molar-refractivity contribution in [1.82, 2.24) is 9.88 Å². The molecule has 1 aliphatic heterocycles. The van der Waals surface area contributed by atoms with E-state index >= 15 is 0 Å². The van der Waals surface area contributed by atoms with Crippen LogP contribution in [0.1, 0.15) is 16.8 Å². The third kappa shape index (κ3) is 2.83. The number of benzene rings is 2. The van der Waals surface area contributed by atoms with Gasteiger partial charge in [0, 0.05) is 53.2 Å². The van der Waals surface area contributed by atoms with E-state index < -0.39 is 0 Å². The first kappa shape index (κ1) is 15.4. The van der Waals surface area contributed by atoms with E-state index in [4.69, 9.17) is 11.6 Å². The Labute approximate surface area is 143 Å². The number of aromatic amines is 1. The van der Waals surface area contributed by atoms with Gasteiger partial charge in [-0.1, -0.05) is 23.7 Å². The van der Waals surface area contributed by atoms with Gasteiger partial charge in [-0.25, -0.2) is 4.39 Å². The van der Waals surface area contributed by atoms with Crippen LogP contribution in [0.2, 0.25) is 5.02 Å². The van der Waals surface area contributed by atoms with Gasteiger partial charge in [0.2, 0.25) is 0 Å². The highest BCUT2D eigenvalue weighted by Gasteiger charge is 2.21. The third-order valence-electron chi connectivity index (χ3n) is 4.53. The molecule has 24 heavy (non-hydrogen) atoms. The van der Waals surface area contributed by atoms with Gasteiger partial charge in [0.05, 0.1) is 0 Å². The van der Waals surface area contributed by atoms with Gasteiger partial charge < -0.3 is 4.98 Å². The van der Waals surface area contributed by atoms with E-state index in [1.54, 1.807) is 24.3 Å². The molecule has 0 amide bonds. The molecule has 0 saturated carbocycles. The minimum Gasteiger partial charge on any atom is -0.358 e. The Bertz CT molecular complexity index is 966. The molecule has 0 bridgehead atoms. The molecule has 122 valence electrons. The average molecular weight is 343 g/mol. The number of nitrogens with one attached hydrogen (secondary N) is 1. The maximum atomic E-state index is 13.0. The number of hydrogen-bond donors (Lipinski definition) is 1. The number of rotatable bonds is 2. The van der Waals surface area contributed by atoms with Crippen LogP contribution in [0, 0.1) is 5.82 Å². The molecule has 0 radical (unpaired) electrons. The van der Waals surface area contributed by atoms with Crippen LogP contribution < -0.4 is 5.43 Å². The van der Waals surface area contributed by atoms with Crippen molar-refractivity contribution in [3.8, 4) is 0 Å². The van der Waals surface area contributed by atoms with Gasteiger partial charge in [0.25, 0.3) is 0 Å². The van der Waals surface area contributed by atoms with Crippen molar-refractivity contribution in [1.29, 1.82) is 0 Å². The van der Waals surface area contributed by atoms with E-state index in [-0.39, 0.29) is 11.2 Å². The lowest BCUT2D eigenvalue weighted by molar-refractivity contribution is 0.243. The summed E-state index contributed by atoms with van der Waals surface area (Å²) in [5.74, 6) is -0.234. The molecule has 0 atom stereocenters. The highest BCUT2D eigenvalue weighted by Crippen LogP contribution is 2.21. The zero-order chi connectivity index (χ0) is 16.7. The summed E-state index contributed by atoms with van der Waals surface area (Å²) < 4.78 is 13.0. The monoisotopic (exact) mass is 342 g/mol. The third-order valence-corrected chi connectivity index (χ3v) is 4.76. The largest absolute Gasteiger partial charge is 0.358 e. The van der Waals surface area contributed by atoms with Crippen LogP contribution in [0.5, 0.6) is 0 Å². The minimum atomic E-state index is -0.234. The molecule has 2 aromatic carbocycles. The van der Waals surface area contributed by atoms with Gasteiger partial charge in [-0.2, -0.15) is 0 Å². The Morgan fingerprint density at radius 3 is 2.75 bits per heavy atom. The molecule has 1 aromatic heterocycles. The number of hydrogen-bond acceptors (Lipinski definition) is 2. The van der Waals surface area contributed by atoms with Gasteiger partial charge >= 0.3 is 0 Å². The van der Waals surface area contributed by atoms with Crippen molar-refractivity contribution in [2.75, 3.05) is 6.54 Å². The highest BCUT2D eigenvalue weighted by atomic mass is 35.5. The molecule has 0 aliphatic carbocycles. The lowest BCUT2D eigenvalue weighted by Gasteiger charge is -2.28. The second kappa shape index (κ2) is 6.04. The topological polar surface area (TPSA) is 36.1 Å². The predicted molar refractivity (Wildman–Crippen MR) is 93.8 cm³/mol. The standard InChI is InChI=1S/C19H16ClFN2O/c20-13-3-6-17-15(9-13)19(24)16-11-23(8-7-18(16)22-17)10-12-1-4-14(21)5-2-12/h1-6,9H,7-8,10-11H2,(H,22,24). The minimum absolute atomic E-state index is 0.0463. The Morgan fingerprint density at radius 1 is 1.17 bits per heavy atom. The van der Waals surface area contributed by atoms with Gasteiger partial charge in [-0.05, 0) is 35.9 Å². The van der Waals surface area contributed by atoms with Gasteiger partial charge in [-0.3, -0.25) is 9.69 Å². The first-order valence-electron chi connectivity index (χ1n) is 7.90. The SMILES string of the molecule is O=c1c2c([nH]c3ccc(Cl)cc13)CCN(Cc1ccc(F)cc1)C2. The summed E-state index contributed by atoms with van der Waals surface area (Å²) in [5.41, 5.74) is 3.73. The summed E-state index contributed by atoms with van der Waals surface area (Å²) in [5, 5.41) is 1.19. The molecule has 2 heterocycles. The quantitative estimate of drug-likeness (QED) is 0.767. The second-order valence-corrected chi connectivity index (χ2v) is 6.62. The fourth-order valence-corrected chi connectivity index (χ4v) is 3.46. The lowest BCUT2D eigenvalue weighted by Crippen LogP contribution is -2.34. The number of halogens is 2. The molecule has 3 aromatic rings. The second-order valence-electron chi connectivity index (χ2n) is 6.19. The van der Waals surface area contributed by atoms with Crippen LogP contribution in [0.15, 0.2) is 47.3 Å². The van der Waals surface area contributed by atoms with Crippen LogP contribution in [0.4, 0.5) is 4.39 Å². The summed E-state index contributed by atoms with van der Waals surface area (Å²) in [6.07, 6.45) is 0.796. The fourth-order valence-electron chi connectivity index (χ4n) is 3.29. The van der Waals surface area contributed by atoms with E-state index in [9.17, 15) is 9.18 Å². The van der Waals surface area contributed by atoms with Gasteiger partial charge in [0.15, 0.2) is 5.43 Å². The van der Waals surface area contributed by atoms with Crippen LogP contribution in [0.3, 0.4) is 0 Å². The van der Waals surface area contributed by atoms with Crippen LogP contribution in [0.25, 0.3) is 10.9 Å². The predicted octanol–water partition coefficient (Wildman–Crippen LogP) is 3.88. The van der Waals surface area contributed by atoms with E-state index in [1.165, 1.54) is 12.1 Å². The smallest absolute Gasteiger partial charge is 0.194 e. The first-order chi connectivity index (χ1) is 11.6. The lowest BCUT2D eigenvalue weighted by atomic mass is 10.0. The van der Waals surface area contributed by atoms with Crippen molar-refractivity contribution in [3.05, 3.63) is 80.3 Å². The normalized spacial score (nSPS) is 14.8. The highest BCUT2D eigenvalue weighted by molar-refractivity contribution is 6.31. The molecule has 4 rings (SSSR count). The number of fused-ring (bicyclic) bond motifs is 2. The van der Waals surface area contributed by atoms with Crippen molar-refractivity contribution in [2.45, 2.75) is 19.5 Å². The molecular weight excluding hydrogens is 327 g/mol. The summed E-state index contributed by atoms with van der Waals surface area (Å²) in [6.45, 7) is 2.15. The summed E-state index contributed by atoms with van der Waals surface area (Å²) in [6, 6.07) is 11.9. The number of H-pyrrole nitrogens is 1. The van der Waals surface area contributed by atoms with Gasteiger partial charge in [-0.15, -0.1) is 0 Å². The van der Waals surface area contributed by atoms with Crippen LogP contribution in [-0.2, 0) is 19.5 Å². The fraction of sp³-hybridized carbons (Fsp3) is 0.211. The van der Waals surface area contributed by atoms with E-state index in [0.29, 0.717) is 23.5 Å². The Morgan fingerprint density at radius 2 is 1.96 bits per heavy atom. The average Bonchev–Trinajstić information content (AvgIpc) is 2.58. The molecule has 1 aliphatic rings. The summed E-state index contributed by atoms with van der Waals surface area (Å²) in [4.78, 5) is 18.4. The number of nitrogens with zero attached hydrogens (tertiary/aromatic N) is 1.